The molecule has 1 saturated heterocycles. The molecule has 2 aromatic heterocycles. The fraction of sp³-hybridized carbons (Fsp3) is 0.688. The average Bonchev–Trinajstić information content (AvgIpc) is 3.26. The zero-order valence-corrected chi connectivity index (χ0v) is 19.7. The average molecular weight is 533 g/mol. The molecule has 3 rings (SSSR count). The standard InChI is InChI=1S/C16H23F3N5O6PS2/c1-33-5-4-20-13-9-14(22-6-21-13)24(7-23-9)15-11(26)10(25)12(29-15)8(30-31(27,28)32)2-3-16(17,18)19/h6-8,10-12,15,25-26H,2-5H2,1H3,(H,20,21,22)(H2,27,28,32)/t8?,10-,11+,12+,15+/m0/s1. The van der Waals surface area contributed by atoms with Gasteiger partial charge in [0.1, 0.15) is 24.6 Å². The summed E-state index contributed by atoms with van der Waals surface area (Å²) >= 11 is 6.01. The van der Waals surface area contributed by atoms with Crippen molar-refractivity contribution in [1.82, 2.24) is 19.5 Å². The molecule has 0 aromatic carbocycles. The van der Waals surface area contributed by atoms with Gasteiger partial charge in [0.05, 0.1) is 12.4 Å². The Morgan fingerprint density at radius 1 is 1.30 bits per heavy atom. The van der Waals surface area contributed by atoms with E-state index >= 15 is 0 Å². The molecule has 0 radical (unpaired) electrons. The Labute approximate surface area is 195 Å². The fourth-order valence-corrected chi connectivity index (χ4v) is 4.64. The van der Waals surface area contributed by atoms with E-state index in [-0.39, 0.29) is 5.65 Å². The normalized spacial score (nSPS) is 25.0. The quantitative estimate of drug-likeness (QED) is 0.220. The zero-order valence-electron chi connectivity index (χ0n) is 17.2. The molecule has 0 amide bonds. The lowest BCUT2D eigenvalue weighted by Gasteiger charge is -2.27. The van der Waals surface area contributed by atoms with E-state index in [9.17, 15) is 33.2 Å². The van der Waals surface area contributed by atoms with Gasteiger partial charge in [0.2, 0.25) is 0 Å². The van der Waals surface area contributed by atoms with Gasteiger partial charge in [-0.3, -0.25) is 4.57 Å². The van der Waals surface area contributed by atoms with Crippen LogP contribution < -0.4 is 5.32 Å². The van der Waals surface area contributed by atoms with Crippen LogP contribution in [0.25, 0.3) is 11.2 Å². The monoisotopic (exact) mass is 533 g/mol. The van der Waals surface area contributed by atoms with E-state index in [1.54, 1.807) is 11.8 Å². The van der Waals surface area contributed by atoms with Crippen molar-refractivity contribution >= 4 is 47.3 Å². The Morgan fingerprint density at radius 2 is 2.03 bits per heavy atom. The summed E-state index contributed by atoms with van der Waals surface area (Å²) in [5.74, 6) is 1.25. The number of imidazole rings is 1. The maximum Gasteiger partial charge on any atom is 0.389 e. The van der Waals surface area contributed by atoms with Crippen molar-refractivity contribution in [2.45, 2.75) is 49.7 Å². The molecule has 2 aromatic rings. The second-order valence-corrected chi connectivity index (χ2v) is 10.8. The van der Waals surface area contributed by atoms with E-state index in [0.29, 0.717) is 17.9 Å². The molecule has 5 N–H and O–H groups in total. The summed E-state index contributed by atoms with van der Waals surface area (Å²) in [6.45, 7) is -3.79. The fourth-order valence-electron chi connectivity index (χ4n) is 3.42. The van der Waals surface area contributed by atoms with Gasteiger partial charge in [-0.1, -0.05) is 0 Å². The minimum Gasteiger partial charge on any atom is -0.387 e. The Kier molecular flexibility index (Phi) is 8.56. The molecular weight excluding hydrogens is 510 g/mol. The molecule has 0 bridgehead atoms. The Morgan fingerprint density at radius 3 is 2.67 bits per heavy atom. The van der Waals surface area contributed by atoms with Gasteiger partial charge >= 0.3 is 12.9 Å². The van der Waals surface area contributed by atoms with Crippen LogP contribution in [-0.4, -0.2) is 88.7 Å². The van der Waals surface area contributed by atoms with E-state index < -0.39 is 56.4 Å². The van der Waals surface area contributed by atoms with Gasteiger partial charge in [-0.25, -0.2) is 15.0 Å². The number of anilines is 1. The number of nitrogens with zero attached hydrogens (tertiary/aromatic N) is 4. The lowest BCUT2D eigenvalue weighted by molar-refractivity contribution is -0.147. The largest absolute Gasteiger partial charge is 0.389 e. The lowest BCUT2D eigenvalue weighted by atomic mass is 10.0. The first-order valence-corrected chi connectivity index (χ1v) is 13.7. The molecule has 0 spiro atoms. The SMILES string of the molecule is CSCCNc1ncnc2c1ncn2[C@@H]1O[C@H](C(CCC(F)(F)F)OP(O)(O)=S)[C@@H](O)[C@H]1O. The topological polar surface area (TPSA) is 155 Å². The number of nitrogens with one attached hydrogen (secondary N) is 1. The first-order valence-electron chi connectivity index (χ1n) is 9.64. The van der Waals surface area contributed by atoms with Crippen molar-refractivity contribution in [1.29, 1.82) is 0 Å². The summed E-state index contributed by atoms with van der Waals surface area (Å²) in [7, 11) is 0. The number of ether oxygens (including phenoxy) is 1. The van der Waals surface area contributed by atoms with Crippen LogP contribution in [0.15, 0.2) is 12.7 Å². The molecule has 1 unspecified atom stereocenters. The highest BCUT2D eigenvalue weighted by Crippen LogP contribution is 2.44. The molecule has 3 heterocycles. The van der Waals surface area contributed by atoms with Crippen LogP contribution in [0, 0.1) is 0 Å². The number of rotatable bonds is 10. The summed E-state index contributed by atoms with van der Waals surface area (Å²) in [4.78, 5) is 31.4. The van der Waals surface area contributed by atoms with E-state index in [2.05, 4.69) is 32.1 Å². The smallest absolute Gasteiger partial charge is 0.387 e. The Balaban J connectivity index is 1.86. The molecule has 1 aliphatic heterocycles. The summed E-state index contributed by atoms with van der Waals surface area (Å²) < 4.78 is 50.0. The maximum atomic E-state index is 12.7. The van der Waals surface area contributed by atoms with Crippen LogP contribution in [0.4, 0.5) is 19.0 Å². The molecule has 17 heteroatoms. The van der Waals surface area contributed by atoms with Gasteiger partial charge in [0.25, 0.3) is 0 Å². The molecular formula is C16H23F3N5O6PS2. The molecule has 1 aliphatic rings. The van der Waals surface area contributed by atoms with Gasteiger partial charge in [0, 0.05) is 18.7 Å². The van der Waals surface area contributed by atoms with E-state index in [1.807, 2.05) is 6.26 Å². The third-order valence-corrected chi connectivity index (χ3v) is 6.27. The van der Waals surface area contributed by atoms with E-state index in [0.717, 1.165) is 5.75 Å². The minimum atomic E-state index is -4.58. The number of thioether (sulfide) groups is 1. The third kappa shape index (κ3) is 6.74. The maximum absolute atomic E-state index is 12.7. The number of aromatic nitrogens is 4. The summed E-state index contributed by atoms with van der Waals surface area (Å²) in [5.41, 5.74) is 0.606. The third-order valence-electron chi connectivity index (χ3n) is 4.86. The Bertz CT molecular complexity index is 995. The Hall–Kier alpha value is -1.10. The highest BCUT2D eigenvalue weighted by Gasteiger charge is 2.49. The number of aliphatic hydroxyl groups is 2. The first kappa shape index (κ1) is 26.5. The van der Waals surface area contributed by atoms with Crippen LogP contribution in [0.2, 0.25) is 0 Å². The molecule has 0 aliphatic carbocycles. The second kappa shape index (κ2) is 10.7. The molecule has 11 nitrogen and oxygen atoms in total. The van der Waals surface area contributed by atoms with Crippen molar-refractivity contribution < 1.29 is 42.4 Å². The van der Waals surface area contributed by atoms with Crippen molar-refractivity contribution in [2.24, 2.45) is 0 Å². The van der Waals surface area contributed by atoms with Gasteiger partial charge < -0.3 is 34.6 Å². The highest BCUT2D eigenvalue weighted by atomic mass is 32.5. The van der Waals surface area contributed by atoms with Crippen LogP contribution in [-0.2, 0) is 21.1 Å². The molecule has 186 valence electrons. The molecule has 1 fully saturated rings. The summed E-state index contributed by atoms with van der Waals surface area (Å²) in [5, 5.41) is 24.2. The van der Waals surface area contributed by atoms with Crippen molar-refractivity contribution in [3.63, 3.8) is 0 Å². The molecule has 5 atom stereocenters. The van der Waals surface area contributed by atoms with Gasteiger partial charge in [-0.15, -0.1) is 0 Å². The van der Waals surface area contributed by atoms with Gasteiger partial charge in [0.15, 0.2) is 23.2 Å². The van der Waals surface area contributed by atoms with Crippen LogP contribution >= 0.6 is 18.5 Å². The van der Waals surface area contributed by atoms with Crippen molar-refractivity contribution in [2.75, 3.05) is 23.9 Å². The van der Waals surface area contributed by atoms with Crippen LogP contribution in [0.1, 0.15) is 19.1 Å². The molecule has 33 heavy (non-hydrogen) atoms. The summed E-state index contributed by atoms with van der Waals surface area (Å²) in [6.07, 6.45) is -10.0. The predicted octanol–water partition coefficient (Wildman–Crippen LogP) is 1.16. The van der Waals surface area contributed by atoms with Crippen molar-refractivity contribution in [3.8, 4) is 0 Å². The lowest BCUT2D eigenvalue weighted by Crippen LogP contribution is -2.40. The number of halogens is 3. The zero-order chi connectivity index (χ0) is 24.4. The number of hydrogen-bond donors (Lipinski definition) is 5. The predicted molar refractivity (Wildman–Crippen MR) is 117 cm³/mol. The van der Waals surface area contributed by atoms with Gasteiger partial charge in [-0.2, -0.15) is 24.9 Å². The van der Waals surface area contributed by atoms with Crippen molar-refractivity contribution in [3.05, 3.63) is 12.7 Å². The minimum absolute atomic E-state index is 0.246. The number of fused-ring (bicyclic) bond motifs is 1. The van der Waals surface area contributed by atoms with Crippen LogP contribution in [0.3, 0.4) is 0 Å². The summed E-state index contributed by atoms with van der Waals surface area (Å²) in [6, 6.07) is 0. The number of aliphatic hydroxyl groups excluding tert-OH is 2. The van der Waals surface area contributed by atoms with E-state index in [4.69, 9.17) is 9.26 Å². The van der Waals surface area contributed by atoms with Gasteiger partial charge in [-0.05, 0) is 24.5 Å². The molecule has 0 saturated carbocycles. The number of alkyl halides is 3. The second-order valence-electron chi connectivity index (χ2n) is 7.23. The highest BCUT2D eigenvalue weighted by molar-refractivity contribution is 8.06. The van der Waals surface area contributed by atoms with E-state index in [1.165, 1.54) is 17.2 Å². The number of hydrogen-bond acceptors (Lipinski definition) is 10. The van der Waals surface area contributed by atoms with Crippen LogP contribution in [0.5, 0.6) is 0 Å². The first-order chi connectivity index (χ1) is 15.4.